The van der Waals surface area contributed by atoms with E-state index in [1.807, 2.05) is 30.3 Å². The topological polar surface area (TPSA) is 89.3 Å². The Morgan fingerprint density at radius 2 is 1.81 bits per heavy atom. The summed E-state index contributed by atoms with van der Waals surface area (Å²) in [5.41, 5.74) is 4.70. The van der Waals surface area contributed by atoms with Crippen molar-refractivity contribution in [3.05, 3.63) is 48.0 Å². The van der Waals surface area contributed by atoms with Crippen LogP contribution < -0.4 is 11.1 Å². The third kappa shape index (κ3) is 1.74. The summed E-state index contributed by atoms with van der Waals surface area (Å²) in [6, 6.07) is 13.0. The van der Waals surface area contributed by atoms with Crippen LogP contribution in [0.3, 0.4) is 0 Å². The number of imide groups is 1. The highest BCUT2D eigenvalue weighted by Crippen LogP contribution is 2.40. The number of benzene rings is 2. The molecule has 3 N–H and O–H groups in total. The van der Waals surface area contributed by atoms with Crippen LogP contribution in [0.5, 0.6) is 0 Å². The van der Waals surface area contributed by atoms with E-state index in [4.69, 9.17) is 5.73 Å². The molecule has 1 heterocycles. The number of carbonyl (C=O) groups is 3. The summed E-state index contributed by atoms with van der Waals surface area (Å²) in [4.78, 5) is 35.9. The maximum Gasteiger partial charge on any atom is 0.240 e. The van der Waals surface area contributed by atoms with Crippen molar-refractivity contribution in [2.75, 3.05) is 0 Å². The van der Waals surface area contributed by atoms with Crippen molar-refractivity contribution in [3.63, 3.8) is 0 Å². The molecule has 3 amide bonds. The van der Waals surface area contributed by atoms with Crippen LogP contribution in [0.4, 0.5) is 0 Å². The predicted molar refractivity (Wildman–Crippen MR) is 77.1 cm³/mol. The SMILES string of the molecule is CC1(c2cccc3ccccc23)C(=O)NC(=O)C1C(N)=O. The average molecular weight is 282 g/mol. The molecule has 2 aromatic rings. The Labute approximate surface area is 121 Å². The van der Waals surface area contributed by atoms with Crippen LogP contribution in [-0.2, 0) is 19.8 Å². The molecule has 1 aliphatic heterocycles. The summed E-state index contributed by atoms with van der Waals surface area (Å²) >= 11 is 0. The van der Waals surface area contributed by atoms with Crippen molar-refractivity contribution in [2.45, 2.75) is 12.3 Å². The van der Waals surface area contributed by atoms with Crippen molar-refractivity contribution in [1.29, 1.82) is 0 Å². The fourth-order valence-electron chi connectivity index (χ4n) is 3.08. The maximum atomic E-state index is 12.3. The fourth-order valence-corrected chi connectivity index (χ4v) is 3.08. The van der Waals surface area contributed by atoms with Gasteiger partial charge in [-0.25, -0.2) is 0 Å². The predicted octanol–water partition coefficient (Wildman–Crippen LogP) is 0.855. The fraction of sp³-hybridized carbons (Fsp3) is 0.188. The van der Waals surface area contributed by atoms with Crippen LogP contribution in [0.1, 0.15) is 12.5 Å². The van der Waals surface area contributed by atoms with Gasteiger partial charge < -0.3 is 5.73 Å². The Morgan fingerprint density at radius 1 is 1.14 bits per heavy atom. The molecule has 0 bridgehead atoms. The summed E-state index contributed by atoms with van der Waals surface area (Å²) < 4.78 is 0. The van der Waals surface area contributed by atoms with Crippen molar-refractivity contribution >= 4 is 28.5 Å². The lowest BCUT2D eigenvalue weighted by Gasteiger charge is -2.27. The van der Waals surface area contributed by atoms with Gasteiger partial charge >= 0.3 is 0 Å². The van der Waals surface area contributed by atoms with E-state index in [2.05, 4.69) is 5.32 Å². The first kappa shape index (κ1) is 13.3. The first-order valence-corrected chi connectivity index (χ1v) is 6.59. The largest absolute Gasteiger partial charge is 0.369 e. The minimum absolute atomic E-state index is 0.493. The molecule has 5 nitrogen and oxygen atoms in total. The molecular formula is C16H14N2O3. The number of primary amides is 1. The quantitative estimate of drug-likeness (QED) is 0.632. The normalized spacial score (nSPS) is 25.1. The zero-order chi connectivity index (χ0) is 15.2. The summed E-state index contributed by atoms with van der Waals surface area (Å²) in [6.07, 6.45) is 0. The number of hydrogen-bond acceptors (Lipinski definition) is 3. The van der Waals surface area contributed by atoms with Gasteiger partial charge in [-0.3, -0.25) is 19.7 Å². The molecule has 1 saturated heterocycles. The average Bonchev–Trinajstić information content (AvgIpc) is 2.68. The number of carbonyl (C=O) groups excluding carboxylic acids is 3. The standard InChI is InChI=1S/C16H14N2O3/c1-16(12(13(17)19)14(20)18-15(16)21)11-8-4-6-9-5-2-3-7-10(9)11/h2-8,12H,1H3,(H2,17,19)(H,18,20,21). The van der Waals surface area contributed by atoms with Gasteiger partial charge in [0.2, 0.25) is 17.7 Å². The lowest BCUT2D eigenvalue weighted by molar-refractivity contribution is -0.133. The first-order chi connectivity index (χ1) is 9.96. The van der Waals surface area contributed by atoms with E-state index in [-0.39, 0.29) is 0 Å². The van der Waals surface area contributed by atoms with E-state index in [1.54, 1.807) is 19.1 Å². The second-order valence-electron chi connectivity index (χ2n) is 5.38. The van der Waals surface area contributed by atoms with Crippen molar-refractivity contribution < 1.29 is 14.4 Å². The highest BCUT2D eigenvalue weighted by atomic mass is 16.2. The number of rotatable bonds is 2. The van der Waals surface area contributed by atoms with Crippen LogP contribution in [-0.4, -0.2) is 17.7 Å². The van der Waals surface area contributed by atoms with Gasteiger partial charge in [-0.15, -0.1) is 0 Å². The minimum Gasteiger partial charge on any atom is -0.369 e. The van der Waals surface area contributed by atoms with Gasteiger partial charge in [-0.05, 0) is 23.3 Å². The molecule has 0 radical (unpaired) electrons. The van der Waals surface area contributed by atoms with Gasteiger partial charge in [0.05, 0.1) is 5.41 Å². The molecule has 106 valence electrons. The molecule has 1 fully saturated rings. The van der Waals surface area contributed by atoms with Crippen LogP contribution in [0.25, 0.3) is 10.8 Å². The molecule has 21 heavy (non-hydrogen) atoms. The Hall–Kier alpha value is -2.69. The lowest BCUT2D eigenvalue weighted by atomic mass is 9.71. The van der Waals surface area contributed by atoms with E-state index in [0.29, 0.717) is 5.56 Å². The number of nitrogens with two attached hydrogens (primary N) is 1. The molecule has 0 spiro atoms. The van der Waals surface area contributed by atoms with Gasteiger partial charge in [0.1, 0.15) is 5.92 Å². The second-order valence-corrected chi connectivity index (χ2v) is 5.38. The Bertz CT molecular complexity index is 779. The molecule has 3 rings (SSSR count). The third-order valence-electron chi connectivity index (χ3n) is 4.18. The molecule has 0 aliphatic carbocycles. The third-order valence-corrected chi connectivity index (χ3v) is 4.18. The van der Waals surface area contributed by atoms with Gasteiger partial charge in [-0.2, -0.15) is 0 Å². The summed E-state index contributed by atoms with van der Waals surface area (Å²) in [7, 11) is 0. The van der Waals surface area contributed by atoms with E-state index in [9.17, 15) is 14.4 Å². The van der Waals surface area contributed by atoms with E-state index in [0.717, 1.165) is 10.8 Å². The Balaban J connectivity index is 2.31. The second kappa shape index (κ2) is 4.41. The molecule has 2 unspecified atom stereocenters. The number of fused-ring (bicyclic) bond motifs is 1. The zero-order valence-corrected chi connectivity index (χ0v) is 11.4. The molecule has 5 heteroatoms. The van der Waals surface area contributed by atoms with Crippen molar-refractivity contribution in [3.8, 4) is 0 Å². The van der Waals surface area contributed by atoms with E-state index >= 15 is 0 Å². The van der Waals surface area contributed by atoms with Crippen LogP contribution >= 0.6 is 0 Å². The van der Waals surface area contributed by atoms with Gasteiger partial charge in [0, 0.05) is 0 Å². The van der Waals surface area contributed by atoms with Crippen LogP contribution in [0.15, 0.2) is 42.5 Å². The number of amides is 3. The number of nitrogens with one attached hydrogen (secondary N) is 1. The Morgan fingerprint density at radius 3 is 2.52 bits per heavy atom. The number of hydrogen-bond donors (Lipinski definition) is 2. The van der Waals surface area contributed by atoms with Crippen molar-refractivity contribution in [1.82, 2.24) is 5.32 Å². The molecule has 2 atom stereocenters. The molecule has 0 aromatic heterocycles. The van der Waals surface area contributed by atoms with E-state index < -0.39 is 29.1 Å². The minimum atomic E-state index is -1.29. The highest BCUT2D eigenvalue weighted by molar-refractivity contribution is 6.19. The summed E-state index contributed by atoms with van der Waals surface area (Å²) in [5.74, 6) is -3.12. The van der Waals surface area contributed by atoms with E-state index in [1.165, 1.54) is 0 Å². The van der Waals surface area contributed by atoms with Gasteiger partial charge in [-0.1, -0.05) is 42.5 Å². The van der Waals surface area contributed by atoms with Crippen LogP contribution in [0.2, 0.25) is 0 Å². The molecular weight excluding hydrogens is 268 g/mol. The summed E-state index contributed by atoms with van der Waals surface area (Å²) in [5, 5.41) is 3.99. The highest BCUT2D eigenvalue weighted by Gasteiger charge is 2.56. The summed E-state index contributed by atoms with van der Waals surface area (Å²) in [6.45, 7) is 1.59. The Kier molecular flexibility index (Phi) is 2.79. The van der Waals surface area contributed by atoms with Crippen molar-refractivity contribution in [2.24, 2.45) is 11.7 Å². The monoisotopic (exact) mass is 282 g/mol. The lowest BCUT2D eigenvalue weighted by Crippen LogP contribution is -2.43. The van der Waals surface area contributed by atoms with Gasteiger partial charge in [0.25, 0.3) is 0 Å². The maximum absolute atomic E-state index is 12.3. The zero-order valence-electron chi connectivity index (χ0n) is 11.4. The molecule has 2 aromatic carbocycles. The smallest absolute Gasteiger partial charge is 0.240 e. The molecule has 0 saturated carbocycles. The molecule has 1 aliphatic rings. The first-order valence-electron chi connectivity index (χ1n) is 6.59. The van der Waals surface area contributed by atoms with Gasteiger partial charge in [0.15, 0.2) is 0 Å². The van der Waals surface area contributed by atoms with Crippen LogP contribution in [0, 0.1) is 5.92 Å².